The topological polar surface area (TPSA) is 83.6 Å². The largest absolute Gasteiger partial charge is 0.478 e. The smallest absolute Gasteiger partial charge is 0.336 e. The van der Waals surface area contributed by atoms with Gasteiger partial charge < -0.3 is 14.5 Å². The Morgan fingerprint density at radius 1 is 1.35 bits per heavy atom. The van der Waals surface area contributed by atoms with Crippen LogP contribution in [0.25, 0.3) is 0 Å². The van der Waals surface area contributed by atoms with E-state index in [1.807, 2.05) is 20.8 Å². The molecule has 0 bridgehead atoms. The van der Waals surface area contributed by atoms with Crippen molar-refractivity contribution in [3.63, 3.8) is 0 Å². The molecule has 1 aromatic heterocycles. The van der Waals surface area contributed by atoms with Gasteiger partial charge in [-0.15, -0.1) is 0 Å². The van der Waals surface area contributed by atoms with Gasteiger partial charge in [0.25, 0.3) is 0 Å². The van der Waals surface area contributed by atoms with E-state index >= 15 is 0 Å². The van der Waals surface area contributed by atoms with Gasteiger partial charge in [0.15, 0.2) is 0 Å². The number of hydrogen-bond acceptors (Lipinski definition) is 4. The number of hydrogen-bond donors (Lipinski definition) is 1. The molecule has 0 fully saturated rings. The molecule has 138 valence electrons. The molecule has 0 saturated heterocycles. The van der Waals surface area contributed by atoms with Gasteiger partial charge in [0.2, 0.25) is 5.91 Å². The van der Waals surface area contributed by atoms with Crippen molar-refractivity contribution in [2.24, 2.45) is 0 Å². The van der Waals surface area contributed by atoms with Gasteiger partial charge in [-0.05, 0) is 49.4 Å². The Labute approximate surface area is 150 Å². The fourth-order valence-corrected chi connectivity index (χ4v) is 3.73. The second-order valence-electron chi connectivity index (χ2n) is 6.77. The summed E-state index contributed by atoms with van der Waals surface area (Å²) in [4.78, 5) is 25.8. The van der Waals surface area contributed by atoms with Crippen LogP contribution >= 0.6 is 0 Å². The molecule has 2 aromatic rings. The average Bonchev–Trinajstić information content (AvgIpc) is 2.93. The zero-order chi connectivity index (χ0) is 19.0. The standard InChI is InChI=1S/C19H21FN2O4/c1-10(18-11(2)21-26-12(18)3)8-17(23)22-7-6-13-15(9-22)14(19(24)25)4-5-16(13)20/h4-5,10H,6-9H2,1-3H3,(H,24,25). The predicted molar refractivity (Wildman–Crippen MR) is 91.5 cm³/mol. The van der Waals surface area contributed by atoms with Crippen molar-refractivity contribution in [2.75, 3.05) is 6.54 Å². The maximum atomic E-state index is 14.0. The number of benzene rings is 1. The molecule has 0 aliphatic carbocycles. The summed E-state index contributed by atoms with van der Waals surface area (Å²) in [7, 11) is 0. The monoisotopic (exact) mass is 360 g/mol. The predicted octanol–water partition coefficient (Wildman–Crippen LogP) is 3.21. The number of aromatic nitrogens is 1. The second kappa shape index (κ2) is 6.90. The Hall–Kier alpha value is -2.70. The van der Waals surface area contributed by atoms with Crippen LogP contribution in [-0.4, -0.2) is 33.6 Å². The lowest BCUT2D eigenvalue weighted by molar-refractivity contribution is -0.132. The normalized spacial score (nSPS) is 14.8. The first-order valence-electron chi connectivity index (χ1n) is 8.53. The van der Waals surface area contributed by atoms with E-state index in [9.17, 15) is 19.1 Å². The zero-order valence-electron chi connectivity index (χ0n) is 15.0. The maximum Gasteiger partial charge on any atom is 0.336 e. The van der Waals surface area contributed by atoms with Crippen molar-refractivity contribution in [2.45, 2.75) is 46.1 Å². The first-order valence-corrected chi connectivity index (χ1v) is 8.53. The third-order valence-corrected chi connectivity index (χ3v) is 5.00. The quantitative estimate of drug-likeness (QED) is 0.905. The van der Waals surface area contributed by atoms with Gasteiger partial charge in [0.1, 0.15) is 11.6 Å². The molecule has 3 rings (SSSR count). The van der Waals surface area contributed by atoms with E-state index in [2.05, 4.69) is 5.16 Å². The zero-order valence-corrected chi connectivity index (χ0v) is 15.0. The highest BCUT2D eigenvalue weighted by molar-refractivity contribution is 5.90. The molecule has 6 nitrogen and oxygen atoms in total. The number of amides is 1. The van der Waals surface area contributed by atoms with E-state index in [0.29, 0.717) is 29.9 Å². The molecular formula is C19H21FN2O4. The molecule has 1 N–H and O–H groups in total. The lowest BCUT2D eigenvalue weighted by atomic mass is 9.92. The highest BCUT2D eigenvalue weighted by atomic mass is 19.1. The summed E-state index contributed by atoms with van der Waals surface area (Å²) in [6.45, 7) is 6.08. The fraction of sp³-hybridized carbons (Fsp3) is 0.421. The number of carbonyl (C=O) groups excluding carboxylic acids is 1. The Balaban J connectivity index is 1.79. The maximum absolute atomic E-state index is 14.0. The Morgan fingerprint density at radius 2 is 2.08 bits per heavy atom. The van der Waals surface area contributed by atoms with E-state index in [0.717, 1.165) is 11.3 Å². The van der Waals surface area contributed by atoms with Crippen LogP contribution < -0.4 is 0 Å². The second-order valence-corrected chi connectivity index (χ2v) is 6.77. The number of carboxylic acid groups (broad SMARTS) is 1. The first kappa shape index (κ1) is 18.1. The van der Waals surface area contributed by atoms with Crippen LogP contribution in [0, 0.1) is 19.7 Å². The van der Waals surface area contributed by atoms with Crippen LogP contribution in [0.15, 0.2) is 16.7 Å². The van der Waals surface area contributed by atoms with Crippen molar-refractivity contribution in [1.29, 1.82) is 0 Å². The van der Waals surface area contributed by atoms with Gasteiger partial charge in [-0.25, -0.2) is 9.18 Å². The molecule has 1 atom stereocenters. The van der Waals surface area contributed by atoms with Crippen LogP contribution in [0.5, 0.6) is 0 Å². The molecule has 0 radical (unpaired) electrons. The minimum absolute atomic E-state index is 0.0534. The van der Waals surface area contributed by atoms with E-state index in [1.54, 1.807) is 4.90 Å². The minimum atomic E-state index is -1.11. The molecule has 0 spiro atoms. The van der Waals surface area contributed by atoms with E-state index in [-0.39, 0.29) is 30.4 Å². The highest BCUT2D eigenvalue weighted by Gasteiger charge is 2.28. The van der Waals surface area contributed by atoms with Gasteiger partial charge in [-0.1, -0.05) is 12.1 Å². The van der Waals surface area contributed by atoms with Crippen LogP contribution in [0.2, 0.25) is 0 Å². The lowest BCUT2D eigenvalue weighted by Gasteiger charge is -2.31. The van der Waals surface area contributed by atoms with Gasteiger partial charge >= 0.3 is 5.97 Å². The number of nitrogens with zero attached hydrogens (tertiary/aromatic N) is 2. The summed E-state index contributed by atoms with van der Waals surface area (Å²) < 4.78 is 19.2. The summed E-state index contributed by atoms with van der Waals surface area (Å²) in [6.07, 6.45) is 0.573. The highest BCUT2D eigenvalue weighted by Crippen LogP contribution is 2.29. The number of fused-ring (bicyclic) bond motifs is 1. The SMILES string of the molecule is Cc1noc(C)c1C(C)CC(=O)N1CCc2c(F)ccc(C(=O)O)c2C1. The number of aryl methyl sites for hydroxylation is 2. The Kier molecular flexibility index (Phi) is 4.80. The van der Waals surface area contributed by atoms with Gasteiger partial charge in [0, 0.05) is 25.1 Å². The molecule has 1 aromatic carbocycles. The van der Waals surface area contributed by atoms with Crippen LogP contribution in [0.1, 0.15) is 57.8 Å². The summed E-state index contributed by atoms with van der Waals surface area (Å²) in [6, 6.07) is 2.44. The number of carboxylic acids is 1. The average molecular weight is 360 g/mol. The number of carbonyl (C=O) groups is 2. The van der Waals surface area contributed by atoms with E-state index in [4.69, 9.17) is 4.52 Å². The van der Waals surface area contributed by atoms with Crippen molar-refractivity contribution < 1.29 is 23.6 Å². The number of rotatable bonds is 4. The molecule has 2 heterocycles. The van der Waals surface area contributed by atoms with Crippen molar-refractivity contribution in [3.05, 3.63) is 51.7 Å². The molecule has 1 unspecified atom stereocenters. The molecule has 1 aliphatic heterocycles. The molecule has 26 heavy (non-hydrogen) atoms. The summed E-state index contributed by atoms with van der Waals surface area (Å²) in [5.74, 6) is -0.992. The van der Waals surface area contributed by atoms with Gasteiger partial charge in [-0.2, -0.15) is 0 Å². The van der Waals surface area contributed by atoms with E-state index in [1.165, 1.54) is 12.1 Å². The third-order valence-electron chi connectivity index (χ3n) is 5.00. The molecule has 1 aliphatic rings. The van der Waals surface area contributed by atoms with Gasteiger partial charge in [-0.3, -0.25) is 4.79 Å². The fourth-order valence-electron chi connectivity index (χ4n) is 3.73. The van der Waals surface area contributed by atoms with E-state index < -0.39 is 11.8 Å². The third kappa shape index (κ3) is 3.21. The molecule has 0 saturated carbocycles. The van der Waals surface area contributed by atoms with Crippen molar-refractivity contribution in [1.82, 2.24) is 10.1 Å². The Bertz CT molecular complexity index is 855. The summed E-state index contributed by atoms with van der Waals surface area (Å²) >= 11 is 0. The Morgan fingerprint density at radius 3 is 2.69 bits per heavy atom. The number of aromatic carboxylic acids is 1. The molecular weight excluding hydrogens is 339 g/mol. The number of halogens is 1. The van der Waals surface area contributed by atoms with Crippen LogP contribution in [-0.2, 0) is 17.8 Å². The van der Waals surface area contributed by atoms with Crippen molar-refractivity contribution in [3.8, 4) is 0 Å². The van der Waals surface area contributed by atoms with Gasteiger partial charge in [0.05, 0.1) is 11.3 Å². The summed E-state index contributed by atoms with van der Waals surface area (Å²) in [5.41, 5.74) is 2.53. The van der Waals surface area contributed by atoms with Crippen LogP contribution in [0.4, 0.5) is 4.39 Å². The first-order chi connectivity index (χ1) is 12.3. The van der Waals surface area contributed by atoms with Crippen LogP contribution in [0.3, 0.4) is 0 Å². The van der Waals surface area contributed by atoms with Crippen molar-refractivity contribution >= 4 is 11.9 Å². The minimum Gasteiger partial charge on any atom is -0.478 e. The molecule has 1 amide bonds. The lowest BCUT2D eigenvalue weighted by Crippen LogP contribution is -2.37. The molecule has 7 heteroatoms. The summed E-state index contributed by atoms with van der Waals surface area (Å²) in [5, 5.41) is 13.3.